The molecule has 0 unspecified atom stereocenters. The van der Waals surface area contributed by atoms with Gasteiger partial charge < -0.3 is 9.64 Å². The molecule has 0 N–H and O–H groups in total. The van der Waals surface area contributed by atoms with E-state index in [2.05, 4.69) is 37.8 Å². The molecule has 0 saturated carbocycles. The van der Waals surface area contributed by atoms with Crippen molar-refractivity contribution in [2.45, 2.75) is 27.2 Å². The van der Waals surface area contributed by atoms with E-state index in [9.17, 15) is 4.79 Å². The summed E-state index contributed by atoms with van der Waals surface area (Å²) < 4.78 is 6.85. The van der Waals surface area contributed by atoms with E-state index in [0.29, 0.717) is 19.6 Å². The van der Waals surface area contributed by atoms with Gasteiger partial charge in [0.15, 0.2) is 5.13 Å². The van der Waals surface area contributed by atoms with Gasteiger partial charge in [0, 0.05) is 13.1 Å². The van der Waals surface area contributed by atoms with Crippen molar-refractivity contribution < 1.29 is 9.53 Å². The van der Waals surface area contributed by atoms with Crippen LogP contribution in [-0.4, -0.2) is 48.6 Å². The molecule has 154 valence electrons. The van der Waals surface area contributed by atoms with Crippen LogP contribution in [0.1, 0.15) is 25.8 Å². The number of nitrogens with zero attached hydrogens (tertiary/aromatic N) is 3. The first-order chi connectivity index (χ1) is 14.1. The monoisotopic (exact) mass is 411 g/mol. The largest absolute Gasteiger partial charge is 0.493 e. The van der Waals surface area contributed by atoms with Crippen molar-refractivity contribution in [3.8, 4) is 5.75 Å². The maximum Gasteiger partial charge on any atom is 0.232 e. The minimum absolute atomic E-state index is 0.0461. The molecule has 0 aliphatic rings. The number of benzene rings is 2. The Morgan fingerprint density at radius 2 is 1.79 bits per heavy atom. The molecule has 0 bridgehead atoms. The zero-order chi connectivity index (χ0) is 20.6. The third kappa shape index (κ3) is 5.55. The molecule has 1 amide bonds. The fourth-order valence-corrected chi connectivity index (χ4v) is 4.29. The average Bonchev–Trinajstić information content (AvgIpc) is 3.17. The van der Waals surface area contributed by atoms with E-state index in [1.807, 2.05) is 41.3 Å². The Balaban J connectivity index is 1.74. The third-order valence-corrected chi connectivity index (χ3v) is 6.05. The average molecular weight is 412 g/mol. The van der Waals surface area contributed by atoms with Gasteiger partial charge in [-0.05, 0) is 43.8 Å². The summed E-state index contributed by atoms with van der Waals surface area (Å²) in [6, 6.07) is 15.8. The Morgan fingerprint density at radius 1 is 1.03 bits per heavy atom. The standard InChI is InChI=1S/C23H29N3O2S/c1-4-25(5-2)15-16-26(21(27)14-17-28-19-11-7-6-8-12-19)23-24-22-18(3)10-9-13-20(22)29-23/h6-13H,4-5,14-17H2,1-3H3. The number of carbonyl (C=O) groups is 1. The Hall–Kier alpha value is -2.44. The van der Waals surface area contributed by atoms with Gasteiger partial charge in [-0.2, -0.15) is 0 Å². The maximum absolute atomic E-state index is 13.1. The highest BCUT2D eigenvalue weighted by molar-refractivity contribution is 7.22. The molecular formula is C23H29N3O2S. The third-order valence-electron chi connectivity index (χ3n) is 5.00. The van der Waals surface area contributed by atoms with Gasteiger partial charge in [-0.25, -0.2) is 4.98 Å². The molecule has 2 aromatic carbocycles. The molecule has 5 nitrogen and oxygen atoms in total. The van der Waals surface area contributed by atoms with Crippen LogP contribution in [0.5, 0.6) is 5.75 Å². The van der Waals surface area contributed by atoms with E-state index in [1.165, 1.54) is 0 Å². The summed E-state index contributed by atoms with van der Waals surface area (Å²) >= 11 is 1.58. The van der Waals surface area contributed by atoms with Gasteiger partial charge in [-0.15, -0.1) is 0 Å². The smallest absolute Gasteiger partial charge is 0.232 e. The van der Waals surface area contributed by atoms with Gasteiger partial charge in [-0.3, -0.25) is 9.69 Å². The number of hydrogen-bond acceptors (Lipinski definition) is 5. The van der Waals surface area contributed by atoms with Gasteiger partial charge in [0.05, 0.1) is 23.2 Å². The van der Waals surface area contributed by atoms with Crippen LogP contribution in [0.25, 0.3) is 10.2 Å². The molecule has 3 rings (SSSR count). The molecular weight excluding hydrogens is 382 g/mol. The maximum atomic E-state index is 13.1. The molecule has 3 aromatic rings. The number of aromatic nitrogens is 1. The normalized spacial score (nSPS) is 11.2. The minimum Gasteiger partial charge on any atom is -0.493 e. The first-order valence-corrected chi connectivity index (χ1v) is 11.0. The van der Waals surface area contributed by atoms with Crippen molar-refractivity contribution >= 4 is 32.6 Å². The van der Waals surface area contributed by atoms with Crippen LogP contribution in [0.2, 0.25) is 0 Å². The van der Waals surface area contributed by atoms with Gasteiger partial charge in [0.25, 0.3) is 0 Å². The molecule has 6 heteroatoms. The van der Waals surface area contributed by atoms with Crippen LogP contribution in [0, 0.1) is 6.92 Å². The number of carbonyl (C=O) groups excluding carboxylic acids is 1. The van der Waals surface area contributed by atoms with Gasteiger partial charge >= 0.3 is 0 Å². The highest BCUT2D eigenvalue weighted by Crippen LogP contribution is 2.31. The molecule has 0 radical (unpaired) electrons. The van der Waals surface area contributed by atoms with E-state index in [0.717, 1.165) is 46.3 Å². The number of fused-ring (bicyclic) bond motifs is 1. The van der Waals surface area contributed by atoms with E-state index in [1.54, 1.807) is 11.3 Å². The first-order valence-electron chi connectivity index (χ1n) is 10.2. The van der Waals surface area contributed by atoms with Crippen molar-refractivity contribution in [1.82, 2.24) is 9.88 Å². The lowest BCUT2D eigenvalue weighted by Gasteiger charge is -2.24. The number of anilines is 1. The lowest BCUT2D eigenvalue weighted by atomic mass is 10.2. The van der Waals surface area contributed by atoms with Crippen molar-refractivity contribution in [2.24, 2.45) is 0 Å². The zero-order valence-corrected chi connectivity index (χ0v) is 18.2. The predicted molar refractivity (Wildman–Crippen MR) is 121 cm³/mol. The summed E-state index contributed by atoms with van der Waals surface area (Å²) in [7, 11) is 0. The molecule has 1 aromatic heterocycles. The molecule has 29 heavy (non-hydrogen) atoms. The number of ether oxygens (including phenoxy) is 1. The van der Waals surface area contributed by atoms with Crippen LogP contribution < -0.4 is 9.64 Å². The minimum atomic E-state index is 0.0461. The fraction of sp³-hybridized carbons (Fsp3) is 0.391. The molecule has 1 heterocycles. The second-order valence-corrected chi connectivity index (χ2v) is 7.91. The second kappa shape index (κ2) is 10.4. The highest BCUT2D eigenvalue weighted by Gasteiger charge is 2.21. The Kier molecular flexibility index (Phi) is 7.61. The number of para-hydroxylation sites is 2. The number of amides is 1. The van der Waals surface area contributed by atoms with Crippen LogP contribution >= 0.6 is 11.3 Å². The molecule has 0 spiro atoms. The van der Waals surface area contributed by atoms with E-state index in [-0.39, 0.29) is 5.91 Å². The van der Waals surface area contributed by atoms with Crippen LogP contribution in [0.15, 0.2) is 48.5 Å². The van der Waals surface area contributed by atoms with Crippen LogP contribution in [0.3, 0.4) is 0 Å². The Morgan fingerprint density at radius 3 is 2.48 bits per heavy atom. The van der Waals surface area contributed by atoms with E-state index >= 15 is 0 Å². The van der Waals surface area contributed by atoms with Gasteiger partial charge in [-0.1, -0.05) is 55.5 Å². The summed E-state index contributed by atoms with van der Waals surface area (Å²) in [4.78, 5) is 22.0. The number of rotatable bonds is 10. The Bertz CT molecular complexity index is 922. The summed E-state index contributed by atoms with van der Waals surface area (Å²) in [5, 5.41) is 0.770. The van der Waals surface area contributed by atoms with Crippen molar-refractivity contribution in [1.29, 1.82) is 0 Å². The zero-order valence-electron chi connectivity index (χ0n) is 17.4. The first kappa shape index (κ1) is 21.3. The molecule has 0 aliphatic carbocycles. The second-order valence-electron chi connectivity index (χ2n) is 6.90. The lowest BCUT2D eigenvalue weighted by Crippen LogP contribution is -2.39. The Labute approximate surface area is 176 Å². The van der Waals surface area contributed by atoms with Crippen LogP contribution in [0.4, 0.5) is 5.13 Å². The number of aryl methyl sites for hydroxylation is 1. The quantitative estimate of drug-likeness (QED) is 0.483. The molecule has 0 atom stereocenters. The predicted octanol–water partition coefficient (Wildman–Crippen LogP) is 4.75. The van der Waals surface area contributed by atoms with Gasteiger partial charge in [0.1, 0.15) is 5.75 Å². The summed E-state index contributed by atoms with van der Waals surface area (Å²) in [6.45, 7) is 10.1. The molecule has 0 aliphatic heterocycles. The van der Waals surface area contributed by atoms with Crippen molar-refractivity contribution in [2.75, 3.05) is 37.7 Å². The fourth-order valence-electron chi connectivity index (χ4n) is 3.21. The van der Waals surface area contributed by atoms with Crippen molar-refractivity contribution in [3.63, 3.8) is 0 Å². The summed E-state index contributed by atoms with van der Waals surface area (Å²) in [5.74, 6) is 0.829. The van der Waals surface area contributed by atoms with Crippen LogP contribution in [-0.2, 0) is 4.79 Å². The topological polar surface area (TPSA) is 45.7 Å². The molecule has 0 saturated heterocycles. The highest BCUT2D eigenvalue weighted by atomic mass is 32.1. The summed E-state index contributed by atoms with van der Waals surface area (Å²) in [6.07, 6.45) is 0.321. The SMILES string of the molecule is CCN(CC)CCN(C(=O)CCOc1ccccc1)c1nc2c(C)cccc2s1. The summed E-state index contributed by atoms with van der Waals surface area (Å²) in [5.41, 5.74) is 2.11. The van der Waals surface area contributed by atoms with E-state index < -0.39 is 0 Å². The number of likely N-dealkylation sites (N-methyl/N-ethyl adjacent to an activating group) is 1. The molecule has 0 fully saturated rings. The number of thiazole rings is 1. The number of hydrogen-bond donors (Lipinski definition) is 0. The lowest BCUT2D eigenvalue weighted by molar-refractivity contribution is -0.119. The van der Waals surface area contributed by atoms with Crippen molar-refractivity contribution in [3.05, 3.63) is 54.1 Å². The van der Waals surface area contributed by atoms with Gasteiger partial charge in [0.2, 0.25) is 5.91 Å². The van der Waals surface area contributed by atoms with E-state index in [4.69, 9.17) is 9.72 Å².